The maximum absolute atomic E-state index is 10.4. The molecule has 92 valence electrons. The van der Waals surface area contributed by atoms with Crippen molar-refractivity contribution < 1.29 is 9.84 Å². The fraction of sp³-hybridized carbons (Fsp3) is 0.615. The van der Waals surface area contributed by atoms with Crippen LogP contribution < -0.4 is 0 Å². The van der Waals surface area contributed by atoms with Gasteiger partial charge in [-0.1, -0.05) is 6.92 Å². The van der Waals surface area contributed by atoms with Crippen molar-refractivity contribution >= 4 is 11.3 Å². The molecule has 17 heavy (non-hydrogen) atoms. The van der Waals surface area contributed by atoms with E-state index in [0.717, 1.165) is 17.7 Å². The van der Waals surface area contributed by atoms with Crippen molar-refractivity contribution in [3.63, 3.8) is 0 Å². The maximum Gasteiger partial charge on any atom is 0.111 e. The monoisotopic (exact) mass is 251 g/mol. The summed E-state index contributed by atoms with van der Waals surface area (Å²) in [4.78, 5) is 2.12. The highest BCUT2D eigenvalue weighted by molar-refractivity contribution is 7.12. The zero-order valence-corrected chi connectivity index (χ0v) is 10.8. The molecule has 0 saturated carbocycles. The van der Waals surface area contributed by atoms with Crippen LogP contribution in [0, 0.1) is 16.7 Å². The molecule has 1 saturated heterocycles. The number of aliphatic hydroxyl groups excluding tert-OH is 1. The fourth-order valence-corrected chi connectivity index (χ4v) is 3.24. The van der Waals surface area contributed by atoms with E-state index in [9.17, 15) is 10.4 Å². The van der Waals surface area contributed by atoms with Gasteiger partial charge in [0.05, 0.1) is 12.7 Å². The van der Waals surface area contributed by atoms with Crippen LogP contribution in [0.2, 0.25) is 0 Å². The predicted octanol–water partition coefficient (Wildman–Crippen LogP) is 2.66. The Hall–Kier alpha value is -0.890. The highest BCUT2D eigenvalue weighted by Gasteiger charge is 2.41. The molecule has 2 atom stereocenters. The van der Waals surface area contributed by atoms with E-state index in [1.807, 2.05) is 12.1 Å². The summed E-state index contributed by atoms with van der Waals surface area (Å²) in [7, 11) is 0. The van der Waals surface area contributed by atoms with E-state index in [0.29, 0.717) is 19.6 Å². The Balaban J connectivity index is 2.22. The Kier molecular flexibility index (Phi) is 3.82. The van der Waals surface area contributed by atoms with E-state index in [4.69, 9.17) is 4.74 Å². The van der Waals surface area contributed by atoms with Crippen LogP contribution in [0.15, 0.2) is 12.1 Å². The second-order valence-corrected chi connectivity index (χ2v) is 5.68. The summed E-state index contributed by atoms with van der Waals surface area (Å²) in [5, 5.41) is 19.8. The Morgan fingerprint density at radius 1 is 1.65 bits per heavy atom. The first-order valence-electron chi connectivity index (χ1n) is 5.97. The fourth-order valence-electron chi connectivity index (χ4n) is 2.18. The third-order valence-electron chi connectivity index (χ3n) is 3.32. The summed E-state index contributed by atoms with van der Waals surface area (Å²) in [6.07, 6.45) is 1.80. The lowest BCUT2D eigenvalue weighted by molar-refractivity contribution is -0.0492. The topological polar surface area (TPSA) is 53.2 Å². The quantitative estimate of drug-likeness (QED) is 0.898. The third-order valence-corrected chi connectivity index (χ3v) is 4.60. The SMILES string of the molecule is CCc1ccc(C(O)C2(C#N)CCCOC2)s1. The van der Waals surface area contributed by atoms with Gasteiger partial charge in [-0.3, -0.25) is 0 Å². The first-order valence-corrected chi connectivity index (χ1v) is 6.79. The van der Waals surface area contributed by atoms with Gasteiger partial charge in [-0.2, -0.15) is 5.26 Å². The van der Waals surface area contributed by atoms with Crippen LogP contribution in [0.3, 0.4) is 0 Å². The number of nitrogens with zero attached hydrogens (tertiary/aromatic N) is 1. The van der Waals surface area contributed by atoms with Gasteiger partial charge in [-0.15, -0.1) is 11.3 Å². The van der Waals surface area contributed by atoms with Crippen LogP contribution in [0.4, 0.5) is 0 Å². The highest BCUT2D eigenvalue weighted by Crippen LogP contribution is 2.42. The molecule has 2 unspecified atom stereocenters. The van der Waals surface area contributed by atoms with E-state index in [-0.39, 0.29) is 0 Å². The van der Waals surface area contributed by atoms with Crippen LogP contribution in [-0.4, -0.2) is 18.3 Å². The molecule has 1 aliphatic rings. The van der Waals surface area contributed by atoms with Crippen LogP contribution in [0.1, 0.15) is 35.6 Å². The Labute approximate surface area is 106 Å². The highest BCUT2D eigenvalue weighted by atomic mass is 32.1. The lowest BCUT2D eigenvalue weighted by atomic mass is 9.78. The van der Waals surface area contributed by atoms with Crippen molar-refractivity contribution in [3.05, 3.63) is 21.9 Å². The van der Waals surface area contributed by atoms with Gasteiger partial charge in [-0.25, -0.2) is 0 Å². The smallest absolute Gasteiger partial charge is 0.111 e. The third kappa shape index (κ3) is 2.37. The minimum Gasteiger partial charge on any atom is -0.386 e. The zero-order valence-electron chi connectivity index (χ0n) is 9.98. The number of ether oxygens (including phenoxy) is 1. The van der Waals surface area contributed by atoms with Crippen LogP contribution in [0.5, 0.6) is 0 Å². The molecule has 0 aromatic carbocycles. The second-order valence-electron chi connectivity index (χ2n) is 4.48. The number of thiophene rings is 1. The molecule has 0 amide bonds. The van der Waals surface area contributed by atoms with Crippen molar-refractivity contribution in [2.75, 3.05) is 13.2 Å². The average molecular weight is 251 g/mol. The molecule has 0 spiro atoms. The first-order chi connectivity index (χ1) is 8.22. The summed E-state index contributed by atoms with van der Waals surface area (Å²) in [5.74, 6) is 0. The van der Waals surface area contributed by atoms with Crippen molar-refractivity contribution in [2.45, 2.75) is 32.3 Å². The number of rotatable bonds is 3. The number of nitriles is 1. The van der Waals surface area contributed by atoms with E-state index < -0.39 is 11.5 Å². The van der Waals surface area contributed by atoms with Gasteiger partial charge in [0.15, 0.2) is 0 Å². The minimum absolute atomic E-state index is 0.337. The number of aryl methyl sites for hydroxylation is 1. The molecule has 0 bridgehead atoms. The number of aliphatic hydroxyl groups is 1. The Morgan fingerprint density at radius 2 is 2.47 bits per heavy atom. The van der Waals surface area contributed by atoms with E-state index in [1.54, 1.807) is 11.3 Å². The molecule has 2 rings (SSSR count). The lowest BCUT2D eigenvalue weighted by Gasteiger charge is -2.34. The molecule has 1 N–H and O–H groups in total. The molecule has 2 heterocycles. The van der Waals surface area contributed by atoms with E-state index in [2.05, 4.69) is 13.0 Å². The molecule has 1 aromatic heterocycles. The van der Waals surface area contributed by atoms with Gasteiger partial charge in [0.25, 0.3) is 0 Å². The Bertz CT molecular complexity index is 415. The zero-order chi connectivity index (χ0) is 12.3. The van der Waals surface area contributed by atoms with Crippen molar-refractivity contribution in [1.29, 1.82) is 5.26 Å². The van der Waals surface area contributed by atoms with Crippen LogP contribution in [0.25, 0.3) is 0 Å². The maximum atomic E-state index is 10.4. The minimum atomic E-state index is -0.756. The molecule has 0 radical (unpaired) electrons. The van der Waals surface area contributed by atoms with E-state index >= 15 is 0 Å². The summed E-state index contributed by atoms with van der Waals surface area (Å²) in [6.45, 7) is 3.12. The van der Waals surface area contributed by atoms with Gasteiger partial charge in [0.1, 0.15) is 11.5 Å². The van der Waals surface area contributed by atoms with Crippen LogP contribution in [-0.2, 0) is 11.2 Å². The van der Waals surface area contributed by atoms with Crippen LogP contribution >= 0.6 is 11.3 Å². The normalized spacial score (nSPS) is 26.4. The Morgan fingerprint density at radius 3 is 3.00 bits per heavy atom. The van der Waals surface area contributed by atoms with Crippen molar-refractivity contribution in [3.8, 4) is 6.07 Å². The summed E-state index contributed by atoms with van der Waals surface area (Å²) < 4.78 is 5.37. The second kappa shape index (κ2) is 5.18. The lowest BCUT2D eigenvalue weighted by Crippen LogP contribution is -2.36. The van der Waals surface area contributed by atoms with Gasteiger partial charge in [0.2, 0.25) is 0 Å². The molecule has 1 aromatic rings. The van der Waals surface area contributed by atoms with Gasteiger partial charge in [-0.05, 0) is 31.4 Å². The molecule has 4 heteroatoms. The van der Waals surface area contributed by atoms with Gasteiger partial charge in [0, 0.05) is 16.4 Å². The first kappa shape index (κ1) is 12.6. The van der Waals surface area contributed by atoms with Gasteiger partial charge >= 0.3 is 0 Å². The standard InChI is InChI=1S/C13H17NO2S/c1-2-10-4-5-11(17-10)12(15)13(8-14)6-3-7-16-9-13/h4-5,12,15H,2-3,6-7,9H2,1H3. The summed E-state index contributed by atoms with van der Waals surface area (Å²) in [5.41, 5.74) is -0.756. The van der Waals surface area contributed by atoms with E-state index in [1.165, 1.54) is 4.88 Å². The largest absolute Gasteiger partial charge is 0.386 e. The van der Waals surface area contributed by atoms with Crippen molar-refractivity contribution in [2.24, 2.45) is 5.41 Å². The molecule has 1 aliphatic heterocycles. The number of hydrogen-bond acceptors (Lipinski definition) is 4. The summed E-state index contributed by atoms with van der Waals surface area (Å²) in [6, 6.07) is 6.23. The number of hydrogen-bond donors (Lipinski definition) is 1. The summed E-state index contributed by atoms with van der Waals surface area (Å²) >= 11 is 1.59. The molecule has 3 nitrogen and oxygen atoms in total. The average Bonchev–Trinajstić information content (AvgIpc) is 2.87. The van der Waals surface area contributed by atoms with Crippen molar-refractivity contribution in [1.82, 2.24) is 0 Å². The molecular formula is C13H17NO2S. The predicted molar refractivity (Wildman–Crippen MR) is 66.8 cm³/mol. The molecular weight excluding hydrogens is 234 g/mol. The molecule has 0 aliphatic carbocycles. The van der Waals surface area contributed by atoms with Gasteiger partial charge < -0.3 is 9.84 Å². The molecule has 1 fully saturated rings.